The maximum Gasteiger partial charge on any atom is 0.122 e. The molecule has 1 saturated carbocycles. The van der Waals surface area contributed by atoms with Crippen molar-refractivity contribution >= 4 is 0 Å². The van der Waals surface area contributed by atoms with Crippen molar-refractivity contribution in [3.8, 4) is 5.75 Å². The van der Waals surface area contributed by atoms with Crippen molar-refractivity contribution in [3.05, 3.63) is 29.3 Å². The predicted octanol–water partition coefficient (Wildman–Crippen LogP) is 2.68. The second-order valence-corrected chi connectivity index (χ2v) is 4.84. The van der Waals surface area contributed by atoms with Gasteiger partial charge < -0.3 is 10.1 Å². The summed E-state index contributed by atoms with van der Waals surface area (Å²) in [4.78, 5) is 0. The molecule has 0 amide bonds. The van der Waals surface area contributed by atoms with Crippen molar-refractivity contribution in [1.29, 1.82) is 0 Å². The van der Waals surface area contributed by atoms with Crippen molar-refractivity contribution in [1.82, 2.24) is 5.32 Å². The van der Waals surface area contributed by atoms with Crippen LogP contribution in [0.5, 0.6) is 5.75 Å². The lowest BCUT2D eigenvalue weighted by Gasteiger charge is -2.18. The summed E-state index contributed by atoms with van der Waals surface area (Å²) in [5, 5.41) is 3.61. The quantitative estimate of drug-likeness (QED) is 0.837. The first-order valence-electron chi connectivity index (χ1n) is 6.37. The standard InChI is InChI=1S/C14H19NO/c1-2-15-14(10-3-4-10)12-5-6-13-11(9-12)7-8-16-13/h5-6,9-10,14-15H,2-4,7-8H2,1H3. The molecule has 1 atom stereocenters. The lowest BCUT2D eigenvalue weighted by molar-refractivity contribution is 0.356. The van der Waals surface area contributed by atoms with Crippen LogP contribution in [0.25, 0.3) is 0 Å². The molecule has 1 N–H and O–H groups in total. The first-order valence-corrected chi connectivity index (χ1v) is 6.37. The molecule has 0 bridgehead atoms. The van der Waals surface area contributed by atoms with E-state index in [9.17, 15) is 0 Å². The fourth-order valence-electron chi connectivity index (χ4n) is 2.61. The zero-order valence-corrected chi connectivity index (χ0v) is 9.83. The number of ether oxygens (including phenoxy) is 1. The highest BCUT2D eigenvalue weighted by atomic mass is 16.5. The molecule has 86 valence electrons. The minimum Gasteiger partial charge on any atom is -0.493 e. The molecule has 3 rings (SSSR count). The normalized spacial score (nSPS) is 20.3. The highest BCUT2D eigenvalue weighted by Crippen LogP contribution is 2.42. The van der Waals surface area contributed by atoms with Crippen molar-refractivity contribution < 1.29 is 4.74 Å². The summed E-state index contributed by atoms with van der Waals surface area (Å²) in [6.07, 6.45) is 3.84. The van der Waals surface area contributed by atoms with E-state index < -0.39 is 0 Å². The molecular weight excluding hydrogens is 198 g/mol. The Morgan fingerprint density at radius 2 is 2.31 bits per heavy atom. The van der Waals surface area contributed by atoms with Crippen LogP contribution in [0, 0.1) is 5.92 Å². The van der Waals surface area contributed by atoms with Gasteiger partial charge in [0.1, 0.15) is 5.75 Å². The first kappa shape index (κ1) is 10.2. The maximum absolute atomic E-state index is 5.55. The van der Waals surface area contributed by atoms with Gasteiger partial charge in [0.05, 0.1) is 6.61 Å². The van der Waals surface area contributed by atoms with E-state index in [1.807, 2.05) is 0 Å². The van der Waals surface area contributed by atoms with E-state index in [-0.39, 0.29) is 0 Å². The van der Waals surface area contributed by atoms with E-state index in [1.54, 1.807) is 0 Å². The third kappa shape index (κ3) is 1.82. The summed E-state index contributed by atoms with van der Waals surface area (Å²) in [5.74, 6) is 1.95. The van der Waals surface area contributed by atoms with Gasteiger partial charge in [-0.3, -0.25) is 0 Å². The number of fused-ring (bicyclic) bond motifs is 1. The fraction of sp³-hybridized carbons (Fsp3) is 0.571. The van der Waals surface area contributed by atoms with Crippen LogP contribution in [0.4, 0.5) is 0 Å². The van der Waals surface area contributed by atoms with Crippen LogP contribution in [0.2, 0.25) is 0 Å². The van der Waals surface area contributed by atoms with Crippen LogP contribution in [-0.2, 0) is 6.42 Å². The molecule has 0 aromatic heterocycles. The Hall–Kier alpha value is -1.02. The second-order valence-electron chi connectivity index (χ2n) is 4.84. The second kappa shape index (κ2) is 4.10. The Kier molecular flexibility index (Phi) is 2.60. The smallest absolute Gasteiger partial charge is 0.122 e. The van der Waals surface area contributed by atoms with Gasteiger partial charge in [-0.05, 0) is 42.5 Å². The molecule has 2 heteroatoms. The number of rotatable bonds is 4. The lowest BCUT2D eigenvalue weighted by atomic mass is 9.99. The third-order valence-corrected chi connectivity index (χ3v) is 3.59. The molecule has 16 heavy (non-hydrogen) atoms. The average molecular weight is 217 g/mol. The van der Waals surface area contributed by atoms with Crippen LogP contribution >= 0.6 is 0 Å². The number of nitrogens with one attached hydrogen (secondary N) is 1. The Balaban J connectivity index is 1.86. The van der Waals surface area contributed by atoms with Crippen LogP contribution in [-0.4, -0.2) is 13.2 Å². The molecule has 1 aliphatic carbocycles. The van der Waals surface area contributed by atoms with Crippen LogP contribution < -0.4 is 10.1 Å². The zero-order chi connectivity index (χ0) is 11.0. The summed E-state index contributed by atoms with van der Waals surface area (Å²) in [6, 6.07) is 7.28. The van der Waals surface area contributed by atoms with Gasteiger partial charge in [0, 0.05) is 12.5 Å². The minimum absolute atomic E-state index is 0.566. The van der Waals surface area contributed by atoms with Crippen molar-refractivity contribution in [2.24, 2.45) is 5.92 Å². The molecule has 1 heterocycles. The van der Waals surface area contributed by atoms with E-state index in [0.29, 0.717) is 6.04 Å². The van der Waals surface area contributed by atoms with Gasteiger partial charge in [0.2, 0.25) is 0 Å². The first-order chi connectivity index (χ1) is 7.88. The van der Waals surface area contributed by atoms with E-state index in [2.05, 4.69) is 30.4 Å². The Morgan fingerprint density at radius 1 is 1.44 bits per heavy atom. The van der Waals surface area contributed by atoms with E-state index in [1.165, 1.54) is 24.0 Å². The summed E-state index contributed by atoms with van der Waals surface area (Å²) < 4.78 is 5.55. The fourth-order valence-corrected chi connectivity index (χ4v) is 2.61. The van der Waals surface area contributed by atoms with Gasteiger partial charge >= 0.3 is 0 Å². The Labute approximate surface area is 97.0 Å². The number of hydrogen-bond donors (Lipinski definition) is 1. The van der Waals surface area contributed by atoms with Crippen molar-refractivity contribution in [2.75, 3.05) is 13.2 Å². The molecule has 1 aromatic rings. The topological polar surface area (TPSA) is 21.3 Å². The monoisotopic (exact) mass is 217 g/mol. The molecule has 2 nitrogen and oxygen atoms in total. The molecule has 1 aromatic carbocycles. The largest absolute Gasteiger partial charge is 0.493 e. The van der Waals surface area contributed by atoms with Gasteiger partial charge in [0.15, 0.2) is 0 Å². The molecule has 1 unspecified atom stereocenters. The number of benzene rings is 1. The third-order valence-electron chi connectivity index (χ3n) is 3.59. The zero-order valence-electron chi connectivity index (χ0n) is 9.83. The molecule has 0 radical (unpaired) electrons. The highest BCUT2D eigenvalue weighted by Gasteiger charge is 2.32. The highest BCUT2D eigenvalue weighted by molar-refractivity contribution is 5.41. The average Bonchev–Trinajstić information content (AvgIpc) is 3.03. The maximum atomic E-state index is 5.55. The summed E-state index contributed by atoms with van der Waals surface area (Å²) in [7, 11) is 0. The van der Waals surface area contributed by atoms with Crippen LogP contribution in [0.15, 0.2) is 18.2 Å². The number of hydrogen-bond acceptors (Lipinski definition) is 2. The molecular formula is C14H19NO. The van der Waals surface area contributed by atoms with E-state index >= 15 is 0 Å². The Morgan fingerprint density at radius 3 is 3.06 bits per heavy atom. The van der Waals surface area contributed by atoms with E-state index in [4.69, 9.17) is 4.74 Å². The van der Waals surface area contributed by atoms with Gasteiger partial charge in [-0.2, -0.15) is 0 Å². The van der Waals surface area contributed by atoms with Gasteiger partial charge in [-0.25, -0.2) is 0 Å². The summed E-state index contributed by atoms with van der Waals surface area (Å²) >= 11 is 0. The van der Waals surface area contributed by atoms with Crippen molar-refractivity contribution in [2.45, 2.75) is 32.2 Å². The van der Waals surface area contributed by atoms with Crippen molar-refractivity contribution in [3.63, 3.8) is 0 Å². The lowest BCUT2D eigenvalue weighted by Crippen LogP contribution is -2.22. The minimum atomic E-state index is 0.566. The Bertz CT molecular complexity index is 384. The van der Waals surface area contributed by atoms with Gasteiger partial charge in [-0.1, -0.05) is 19.1 Å². The van der Waals surface area contributed by atoms with Gasteiger partial charge in [0.25, 0.3) is 0 Å². The SMILES string of the molecule is CCNC(c1ccc2c(c1)CCO2)C1CC1. The molecule has 1 fully saturated rings. The van der Waals surface area contributed by atoms with Crippen LogP contribution in [0.1, 0.15) is 36.9 Å². The molecule has 2 aliphatic rings. The summed E-state index contributed by atoms with van der Waals surface area (Å²) in [5.41, 5.74) is 2.84. The van der Waals surface area contributed by atoms with Gasteiger partial charge in [-0.15, -0.1) is 0 Å². The molecule has 0 saturated heterocycles. The predicted molar refractivity (Wildman–Crippen MR) is 64.8 cm³/mol. The van der Waals surface area contributed by atoms with E-state index in [0.717, 1.165) is 31.2 Å². The van der Waals surface area contributed by atoms with Crippen LogP contribution in [0.3, 0.4) is 0 Å². The molecule has 1 aliphatic heterocycles. The summed E-state index contributed by atoms with van der Waals surface area (Å²) in [6.45, 7) is 4.09. The molecule has 0 spiro atoms.